The Morgan fingerprint density at radius 3 is 2.71 bits per heavy atom. The number of guanidine groups is 1. The highest BCUT2D eigenvalue weighted by Gasteiger charge is 2.10. The Bertz CT molecular complexity index is 384. The minimum Gasteiger partial charge on any atom is -0.383 e. The van der Waals surface area contributed by atoms with Crippen molar-refractivity contribution in [2.24, 2.45) is 4.99 Å². The summed E-state index contributed by atoms with van der Waals surface area (Å²) in [4.78, 5) is 20.0. The predicted octanol–water partition coefficient (Wildman–Crippen LogP) is -0.633. The maximum atomic E-state index is 11.7. The van der Waals surface area contributed by atoms with Gasteiger partial charge in [-0.25, -0.2) is 4.99 Å². The molecule has 1 aliphatic heterocycles. The van der Waals surface area contributed by atoms with Gasteiger partial charge in [0, 0.05) is 46.9 Å². The van der Waals surface area contributed by atoms with Crippen molar-refractivity contribution in [3.8, 4) is 0 Å². The molecule has 1 heterocycles. The molecule has 1 unspecified atom stereocenters. The third-order valence-electron chi connectivity index (χ3n) is 3.72. The van der Waals surface area contributed by atoms with Crippen LogP contribution in [0.2, 0.25) is 0 Å². The molecule has 0 saturated carbocycles. The van der Waals surface area contributed by atoms with Gasteiger partial charge in [-0.15, -0.1) is 0 Å². The van der Waals surface area contributed by atoms with Gasteiger partial charge in [-0.2, -0.15) is 0 Å². The van der Waals surface area contributed by atoms with Crippen molar-refractivity contribution >= 4 is 11.9 Å². The zero-order valence-corrected chi connectivity index (χ0v) is 15.5. The van der Waals surface area contributed by atoms with Crippen LogP contribution >= 0.6 is 0 Å². The molecule has 1 amide bonds. The second-order valence-corrected chi connectivity index (χ2v) is 6.19. The Morgan fingerprint density at radius 2 is 2.08 bits per heavy atom. The number of nitrogens with one attached hydrogen (secondary N) is 2. The summed E-state index contributed by atoms with van der Waals surface area (Å²) in [5, 5.41) is 6.56. The van der Waals surface area contributed by atoms with E-state index < -0.39 is 0 Å². The Kier molecular flexibility index (Phi) is 10.4. The minimum atomic E-state index is -0.0242. The number of amides is 1. The SMILES string of the molecule is COCC(C)NC(=NCC(=O)N(C)C)NCCCN1CCOCC1. The fraction of sp³-hybridized carbons (Fsp3) is 0.875. The van der Waals surface area contributed by atoms with Crippen LogP contribution in [-0.4, -0.2) is 101 Å². The molecule has 2 N–H and O–H groups in total. The van der Waals surface area contributed by atoms with Gasteiger partial charge >= 0.3 is 0 Å². The molecule has 24 heavy (non-hydrogen) atoms. The third kappa shape index (κ3) is 9.05. The number of morpholine rings is 1. The highest BCUT2D eigenvalue weighted by atomic mass is 16.5. The standard InChI is InChI=1S/C16H33N5O3/c1-14(13-23-4)19-16(18-12-15(22)20(2)3)17-6-5-7-21-8-10-24-11-9-21/h14H,5-13H2,1-4H3,(H2,17,18,19). The monoisotopic (exact) mass is 343 g/mol. The van der Waals surface area contributed by atoms with Crippen molar-refractivity contribution in [3.63, 3.8) is 0 Å². The quantitative estimate of drug-likeness (QED) is 0.330. The minimum absolute atomic E-state index is 0.0242. The first-order valence-corrected chi connectivity index (χ1v) is 8.57. The van der Waals surface area contributed by atoms with Gasteiger partial charge in [0.2, 0.25) is 5.91 Å². The first-order valence-electron chi connectivity index (χ1n) is 8.57. The lowest BCUT2D eigenvalue weighted by molar-refractivity contribution is -0.127. The number of methoxy groups -OCH3 is 1. The molecule has 8 nitrogen and oxygen atoms in total. The van der Waals surface area contributed by atoms with Gasteiger partial charge in [0.15, 0.2) is 5.96 Å². The normalized spacial score (nSPS) is 17.4. The summed E-state index contributed by atoms with van der Waals surface area (Å²) >= 11 is 0. The number of hydrogen-bond acceptors (Lipinski definition) is 5. The van der Waals surface area contributed by atoms with E-state index in [2.05, 4.69) is 20.5 Å². The van der Waals surface area contributed by atoms with Crippen LogP contribution in [0, 0.1) is 0 Å². The lowest BCUT2D eigenvalue weighted by Crippen LogP contribution is -2.45. The topological polar surface area (TPSA) is 78.4 Å². The molecule has 0 bridgehead atoms. The number of aliphatic imine (C=N–C) groups is 1. The van der Waals surface area contributed by atoms with Crippen molar-refractivity contribution in [2.45, 2.75) is 19.4 Å². The second-order valence-electron chi connectivity index (χ2n) is 6.19. The van der Waals surface area contributed by atoms with Crippen LogP contribution in [0.15, 0.2) is 4.99 Å². The van der Waals surface area contributed by atoms with Gasteiger partial charge in [-0.1, -0.05) is 0 Å². The maximum absolute atomic E-state index is 11.7. The largest absolute Gasteiger partial charge is 0.383 e. The lowest BCUT2D eigenvalue weighted by Gasteiger charge is -2.26. The Morgan fingerprint density at radius 1 is 1.38 bits per heavy atom. The number of nitrogens with zero attached hydrogens (tertiary/aromatic N) is 3. The second kappa shape index (κ2) is 12.0. The summed E-state index contributed by atoms with van der Waals surface area (Å²) in [7, 11) is 5.13. The zero-order valence-electron chi connectivity index (χ0n) is 15.5. The highest BCUT2D eigenvalue weighted by molar-refractivity contribution is 5.84. The van der Waals surface area contributed by atoms with E-state index >= 15 is 0 Å². The Balaban J connectivity index is 2.38. The molecule has 1 aliphatic rings. The first-order chi connectivity index (χ1) is 11.5. The van der Waals surface area contributed by atoms with E-state index in [9.17, 15) is 4.79 Å². The van der Waals surface area contributed by atoms with E-state index in [4.69, 9.17) is 9.47 Å². The maximum Gasteiger partial charge on any atom is 0.243 e. The molecular formula is C16H33N5O3. The van der Waals surface area contributed by atoms with Crippen molar-refractivity contribution in [3.05, 3.63) is 0 Å². The average Bonchev–Trinajstić information content (AvgIpc) is 2.57. The fourth-order valence-corrected chi connectivity index (χ4v) is 2.30. The van der Waals surface area contributed by atoms with Crippen LogP contribution in [0.1, 0.15) is 13.3 Å². The van der Waals surface area contributed by atoms with Crippen molar-refractivity contribution in [2.75, 3.05) is 73.7 Å². The summed E-state index contributed by atoms with van der Waals surface area (Å²) in [6.45, 7) is 8.21. The molecule has 0 aromatic carbocycles. The summed E-state index contributed by atoms with van der Waals surface area (Å²) in [6, 6.07) is 0.120. The van der Waals surface area contributed by atoms with Crippen LogP contribution in [0.4, 0.5) is 0 Å². The summed E-state index contributed by atoms with van der Waals surface area (Å²) in [5.41, 5.74) is 0. The molecule has 0 radical (unpaired) electrons. The number of rotatable bonds is 9. The van der Waals surface area contributed by atoms with E-state index in [0.717, 1.165) is 45.8 Å². The molecule has 0 spiro atoms. The zero-order chi connectivity index (χ0) is 17.8. The summed E-state index contributed by atoms with van der Waals surface area (Å²) in [6.07, 6.45) is 1.01. The van der Waals surface area contributed by atoms with Gasteiger partial charge in [0.25, 0.3) is 0 Å². The van der Waals surface area contributed by atoms with E-state index in [0.29, 0.717) is 12.6 Å². The first kappa shape index (κ1) is 20.7. The molecule has 0 aromatic heterocycles. The molecule has 1 atom stereocenters. The van der Waals surface area contributed by atoms with Crippen LogP contribution < -0.4 is 10.6 Å². The summed E-state index contributed by atoms with van der Waals surface area (Å²) in [5.74, 6) is 0.625. The summed E-state index contributed by atoms with van der Waals surface area (Å²) < 4.78 is 10.5. The molecular weight excluding hydrogens is 310 g/mol. The third-order valence-corrected chi connectivity index (χ3v) is 3.72. The number of hydrogen-bond donors (Lipinski definition) is 2. The fourth-order valence-electron chi connectivity index (χ4n) is 2.30. The van der Waals surface area contributed by atoms with Crippen molar-refractivity contribution in [1.82, 2.24) is 20.4 Å². The van der Waals surface area contributed by atoms with E-state index in [1.165, 1.54) is 4.90 Å². The number of carbonyl (C=O) groups excluding carboxylic acids is 1. The van der Waals surface area contributed by atoms with Gasteiger partial charge in [0.05, 0.1) is 19.8 Å². The highest BCUT2D eigenvalue weighted by Crippen LogP contribution is 1.97. The lowest BCUT2D eigenvalue weighted by atomic mass is 10.3. The van der Waals surface area contributed by atoms with Gasteiger partial charge in [-0.05, 0) is 19.9 Å². The van der Waals surface area contributed by atoms with E-state index in [-0.39, 0.29) is 18.5 Å². The molecule has 0 aromatic rings. The smallest absolute Gasteiger partial charge is 0.243 e. The van der Waals surface area contributed by atoms with Crippen LogP contribution in [0.5, 0.6) is 0 Å². The Labute approximate surface area is 145 Å². The molecule has 1 fully saturated rings. The van der Waals surface area contributed by atoms with E-state index in [1.807, 2.05) is 6.92 Å². The number of likely N-dealkylation sites (N-methyl/N-ethyl adjacent to an activating group) is 1. The molecule has 1 rings (SSSR count). The van der Waals surface area contributed by atoms with Gasteiger partial charge < -0.3 is 25.0 Å². The van der Waals surface area contributed by atoms with Crippen LogP contribution in [-0.2, 0) is 14.3 Å². The average molecular weight is 343 g/mol. The molecule has 0 aliphatic carbocycles. The molecule has 8 heteroatoms. The predicted molar refractivity (Wildman–Crippen MR) is 95.3 cm³/mol. The van der Waals surface area contributed by atoms with Crippen molar-refractivity contribution < 1.29 is 14.3 Å². The van der Waals surface area contributed by atoms with Gasteiger partial charge in [0.1, 0.15) is 6.54 Å². The Hall–Kier alpha value is -1.38. The molecule has 1 saturated heterocycles. The van der Waals surface area contributed by atoms with Crippen LogP contribution in [0.3, 0.4) is 0 Å². The number of carbonyl (C=O) groups is 1. The number of ether oxygens (including phenoxy) is 2. The van der Waals surface area contributed by atoms with E-state index in [1.54, 1.807) is 21.2 Å². The van der Waals surface area contributed by atoms with Gasteiger partial charge in [-0.3, -0.25) is 9.69 Å². The van der Waals surface area contributed by atoms with Crippen LogP contribution in [0.25, 0.3) is 0 Å². The molecule has 140 valence electrons. The van der Waals surface area contributed by atoms with Crippen molar-refractivity contribution in [1.29, 1.82) is 0 Å².